The van der Waals surface area contributed by atoms with Crippen LogP contribution in [0.1, 0.15) is 50.7 Å². The highest BCUT2D eigenvalue weighted by molar-refractivity contribution is 5.79. The van der Waals surface area contributed by atoms with E-state index in [1.165, 1.54) is 69.5 Å². The minimum atomic E-state index is 0.724. The molecule has 3 rings (SSSR count). The third-order valence-electron chi connectivity index (χ3n) is 6.00. The average molecular weight is 386 g/mol. The minimum Gasteiger partial charge on any atom is -0.357 e. The summed E-state index contributed by atoms with van der Waals surface area (Å²) in [5.41, 5.74) is 2.69. The molecule has 2 fully saturated rings. The molecule has 0 bridgehead atoms. The van der Waals surface area contributed by atoms with Crippen molar-refractivity contribution in [2.75, 3.05) is 45.8 Å². The molecule has 28 heavy (non-hydrogen) atoms. The summed E-state index contributed by atoms with van der Waals surface area (Å²) in [5, 5.41) is 6.97. The van der Waals surface area contributed by atoms with Crippen molar-refractivity contribution in [2.45, 2.75) is 52.6 Å². The molecule has 156 valence electrons. The molecule has 0 aliphatic carbocycles. The van der Waals surface area contributed by atoms with Crippen molar-refractivity contribution in [3.63, 3.8) is 0 Å². The van der Waals surface area contributed by atoms with Crippen LogP contribution in [0.25, 0.3) is 0 Å². The monoisotopic (exact) mass is 385 g/mol. The number of hydrogen-bond acceptors (Lipinski definition) is 3. The van der Waals surface area contributed by atoms with Gasteiger partial charge in [-0.3, -0.25) is 4.90 Å². The van der Waals surface area contributed by atoms with E-state index in [2.05, 4.69) is 58.5 Å². The van der Waals surface area contributed by atoms with E-state index in [0.29, 0.717) is 0 Å². The Morgan fingerprint density at radius 3 is 2.39 bits per heavy atom. The number of rotatable bonds is 8. The zero-order chi connectivity index (χ0) is 19.6. The normalized spacial score (nSPS) is 21.8. The zero-order valence-corrected chi connectivity index (χ0v) is 17.9. The van der Waals surface area contributed by atoms with Gasteiger partial charge in [0.25, 0.3) is 0 Å². The first-order chi connectivity index (χ1) is 13.8. The van der Waals surface area contributed by atoms with Crippen molar-refractivity contribution >= 4 is 5.96 Å². The zero-order valence-electron chi connectivity index (χ0n) is 17.9. The van der Waals surface area contributed by atoms with Crippen LogP contribution in [0.4, 0.5) is 0 Å². The van der Waals surface area contributed by atoms with Gasteiger partial charge in [-0.05, 0) is 75.8 Å². The summed E-state index contributed by atoms with van der Waals surface area (Å²) in [6.07, 6.45) is 5.34. The van der Waals surface area contributed by atoms with Gasteiger partial charge >= 0.3 is 0 Å². The fraction of sp³-hybridized carbons (Fsp3) is 0.696. The van der Waals surface area contributed by atoms with Crippen LogP contribution in [0.15, 0.2) is 29.3 Å². The molecule has 2 heterocycles. The lowest BCUT2D eigenvalue weighted by molar-refractivity contribution is 0.183. The highest BCUT2D eigenvalue weighted by Gasteiger charge is 2.18. The Hall–Kier alpha value is -1.59. The standard InChI is InChI=1S/C23H39N5/c1-3-24-23(26-17-22-8-7-15-27(4-2)19-22)25-16-20-9-11-21(12-10-20)18-28-13-5-6-14-28/h9-12,22H,3-8,13-19H2,1-2H3,(H2,24,25,26). The third kappa shape index (κ3) is 6.78. The van der Waals surface area contributed by atoms with Crippen LogP contribution in [-0.2, 0) is 13.1 Å². The molecule has 0 saturated carbocycles. The average Bonchev–Trinajstić information content (AvgIpc) is 3.24. The largest absolute Gasteiger partial charge is 0.357 e. The number of nitrogens with one attached hydrogen (secondary N) is 2. The SMILES string of the molecule is CCNC(=NCc1ccc(CN2CCCC2)cc1)NCC1CCCN(CC)C1. The molecule has 2 N–H and O–H groups in total. The maximum Gasteiger partial charge on any atom is 0.191 e. The van der Waals surface area contributed by atoms with Gasteiger partial charge in [-0.25, -0.2) is 4.99 Å². The molecule has 0 aromatic heterocycles. The predicted molar refractivity (Wildman–Crippen MR) is 119 cm³/mol. The Labute approximate surface area is 171 Å². The van der Waals surface area contributed by atoms with Crippen molar-refractivity contribution in [1.29, 1.82) is 0 Å². The smallest absolute Gasteiger partial charge is 0.191 e. The Morgan fingerprint density at radius 2 is 1.68 bits per heavy atom. The Morgan fingerprint density at radius 1 is 0.964 bits per heavy atom. The van der Waals surface area contributed by atoms with Crippen LogP contribution < -0.4 is 10.6 Å². The van der Waals surface area contributed by atoms with Gasteiger partial charge in [0.1, 0.15) is 0 Å². The first-order valence-electron chi connectivity index (χ1n) is 11.3. The van der Waals surface area contributed by atoms with Crippen molar-refractivity contribution in [3.05, 3.63) is 35.4 Å². The fourth-order valence-corrected chi connectivity index (χ4v) is 4.31. The molecule has 2 aliphatic heterocycles. The highest BCUT2D eigenvalue weighted by atomic mass is 15.2. The summed E-state index contributed by atoms with van der Waals surface area (Å²) in [5.74, 6) is 1.67. The van der Waals surface area contributed by atoms with Crippen LogP contribution in [0, 0.1) is 5.92 Å². The second-order valence-corrected chi connectivity index (χ2v) is 8.28. The molecule has 0 amide bonds. The lowest BCUT2D eigenvalue weighted by Crippen LogP contribution is -2.44. The molecule has 5 heteroatoms. The molecule has 0 radical (unpaired) electrons. The van der Waals surface area contributed by atoms with E-state index in [1.54, 1.807) is 0 Å². The molecule has 1 atom stereocenters. The van der Waals surface area contributed by atoms with E-state index in [0.717, 1.165) is 38.1 Å². The molecule has 5 nitrogen and oxygen atoms in total. The lowest BCUT2D eigenvalue weighted by Gasteiger charge is -2.32. The number of hydrogen-bond donors (Lipinski definition) is 2. The van der Waals surface area contributed by atoms with Gasteiger partial charge in [0.2, 0.25) is 0 Å². The number of likely N-dealkylation sites (tertiary alicyclic amines) is 2. The molecule has 1 aromatic rings. The molecule has 2 aliphatic rings. The third-order valence-corrected chi connectivity index (χ3v) is 6.00. The molecule has 1 unspecified atom stereocenters. The number of piperidine rings is 1. The number of nitrogens with zero attached hydrogens (tertiary/aromatic N) is 3. The van der Waals surface area contributed by atoms with Gasteiger partial charge in [0, 0.05) is 26.2 Å². The second kappa shape index (κ2) is 11.4. The predicted octanol–water partition coefficient (Wildman–Crippen LogP) is 3.07. The van der Waals surface area contributed by atoms with E-state index in [4.69, 9.17) is 4.99 Å². The first kappa shape index (κ1) is 21.1. The first-order valence-corrected chi connectivity index (χ1v) is 11.3. The van der Waals surface area contributed by atoms with E-state index < -0.39 is 0 Å². The van der Waals surface area contributed by atoms with Crippen LogP contribution in [-0.4, -0.2) is 61.6 Å². The Bertz CT molecular complexity index is 592. The second-order valence-electron chi connectivity index (χ2n) is 8.28. The molecular weight excluding hydrogens is 346 g/mol. The van der Waals surface area contributed by atoms with E-state index in [9.17, 15) is 0 Å². The quantitative estimate of drug-likeness (QED) is 0.533. The summed E-state index contributed by atoms with van der Waals surface area (Å²) in [7, 11) is 0. The lowest BCUT2D eigenvalue weighted by atomic mass is 9.98. The van der Waals surface area contributed by atoms with Crippen molar-refractivity contribution in [1.82, 2.24) is 20.4 Å². The van der Waals surface area contributed by atoms with E-state index in [1.807, 2.05) is 0 Å². The van der Waals surface area contributed by atoms with Gasteiger partial charge in [-0.2, -0.15) is 0 Å². The summed E-state index contributed by atoms with van der Waals surface area (Å²) in [4.78, 5) is 9.92. The Kier molecular flexibility index (Phi) is 8.62. The molecule has 1 aromatic carbocycles. The van der Waals surface area contributed by atoms with Gasteiger partial charge < -0.3 is 15.5 Å². The van der Waals surface area contributed by atoms with Crippen LogP contribution >= 0.6 is 0 Å². The van der Waals surface area contributed by atoms with Crippen molar-refractivity contribution < 1.29 is 0 Å². The number of aliphatic imine (C=N–C) groups is 1. The minimum absolute atomic E-state index is 0.724. The number of benzene rings is 1. The summed E-state index contributed by atoms with van der Waals surface area (Å²) < 4.78 is 0. The summed E-state index contributed by atoms with van der Waals surface area (Å²) in [6.45, 7) is 14.2. The van der Waals surface area contributed by atoms with Gasteiger partial charge in [0.15, 0.2) is 5.96 Å². The van der Waals surface area contributed by atoms with Crippen molar-refractivity contribution in [2.24, 2.45) is 10.9 Å². The summed E-state index contributed by atoms with van der Waals surface area (Å²) in [6, 6.07) is 9.01. The molecule has 0 spiro atoms. The highest BCUT2D eigenvalue weighted by Crippen LogP contribution is 2.15. The van der Waals surface area contributed by atoms with Crippen LogP contribution in [0.5, 0.6) is 0 Å². The van der Waals surface area contributed by atoms with Crippen LogP contribution in [0.3, 0.4) is 0 Å². The summed E-state index contributed by atoms with van der Waals surface area (Å²) >= 11 is 0. The molecular formula is C23H39N5. The van der Waals surface area contributed by atoms with Gasteiger partial charge in [0.05, 0.1) is 6.54 Å². The van der Waals surface area contributed by atoms with Gasteiger partial charge in [-0.15, -0.1) is 0 Å². The molecule has 2 saturated heterocycles. The fourth-order valence-electron chi connectivity index (χ4n) is 4.31. The maximum atomic E-state index is 4.81. The van der Waals surface area contributed by atoms with E-state index in [-0.39, 0.29) is 0 Å². The topological polar surface area (TPSA) is 42.9 Å². The Balaban J connectivity index is 1.47. The maximum absolute atomic E-state index is 4.81. The van der Waals surface area contributed by atoms with E-state index >= 15 is 0 Å². The van der Waals surface area contributed by atoms with Crippen LogP contribution in [0.2, 0.25) is 0 Å². The van der Waals surface area contributed by atoms with Gasteiger partial charge in [-0.1, -0.05) is 31.2 Å². The number of guanidine groups is 1. The van der Waals surface area contributed by atoms with Crippen molar-refractivity contribution in [3.8, 4) is 0 Å².